The lowest BCUT2D eigenvalue weighted by Gasteiger charge is -2.30. The number of piperidine rings is 1. The van der Waals surface area contributed by atoms with Gasteiger partial charge in [-0.05, 0) is 37.5 Å². The van der Waals surface area contributed by atoms with Gasteiger partial charge in [-0.3, -0.25) is 0 Å². The highest BCUT2D eigenvalue weighted by Gasteiger charge is 2.26. The summed E-state index contributed by atoms with van der Waals surface area (Å²) in [6.07, 6.45) is 2.63. The van der Waals surface area contributed by atoms with Gasteiger partial charge in [-0.15, -0.1) is 0 Å². The second-order valence-electron chi connectivity index (χ2n) is 5.69. The van der Waals surface area contributed by atoms with E-state index in [1.807, 2.05) is 24.3 Å². The lowest BCUT2D eigenvalue weighted by molar-refractivity contribution is 0.180. The van der Waals surface area contributed by atoms with Gasteiger partial charge in [-0.25, -0.2) is 12.7 Å². The van der Waals surface area contributed by atoms with Gasteiger partial charge in [0.2, 0.25) is 10.0 Å². The molecule has 0 aliphatic carbocycles. The molecule has 118 valence electrons. The zero-order valence-electron chi connectivity index (χ0n) is 12.5. The predicted octanol–water partition coefficient (Wildman–Crippen LogP) is 1.79. The Morgan fingerprint density at radius 2 is 2.05 bits per heavy atom. The molecule has 1 aromatic rings. The molecular formula is C15H23NO4S. The summed E-state index contributed by atoms with van der Waals surface area (Å²) in [6.45, 7) is 3.38. The maximum absolute atomic E-state index is 11.6. The van der Waals surface area contributed by atoms with E-state index >= 15 is 0 Å². The van der Waals surface area contributed by atoms with Crippen LogP contribution in [0.1, 0.15) is 31.4 Å². The summed E-state index contributed by atoms with van der Waals surface area (Å²) in [6, 6.07) is 7.34. The maximum Gasteiger partial charge on any atom is 0.211 e. The number of sulfonamides is 1. The highest BCUT2D eigenvalue weighted by atomic mass is 32.2. The zero-order valence-corrected chi connectivity index (χ0v) is 13.3. The Balaban J connectivity index is 1.88. The minimum Gasteiger partial charge on any atom is -0.493 e. The third kappa shape index (κ3) is 4.69. The number of aliphatic hydroxyl groups excluding tert-OH is 1. The highest BCUT2D eigenvalue weighted by molar-refractivity contribution is 7.88. The molecule has 2 rings (SSSR count). The smallest absolute Gasteiger partial charge is 0.211 e. The van der Waals surface area contributed by atoms with Crippen LogP contribution in [0.3, 0.4) is 0 Å². The van der Waals surface area contributed by atoms with E-state index in [-0.39, 0.29) is 5.92 Å². The lowest BCUT2D eigenvalue weighted by Crippen LogP contribution is -2.40. The van der Waals surface area contributed by atoms with Crippen LogP contribution in [0.2, 0.25) is 0 Å². The number of benzene rings is 1. The van der Waals surface area contributed by atoms with Crippen molar-refractivity contribution in [1.82, 2.24) is 4.31 Å². The molecular weight excluding hydrogens is 290 g/mol. The summed E-state index contributed by atoms with van der Waals surface area (Å²) in [4.78, 5) is 0. The number of rotatable bonds is 5. The van der Waals surface area contributed by atoms with Gasteiger partial charge in [0.05, 0.1) is 19.0 Å². The molecule has 1 unspecified atom stereocenters. The first-order valence-electron chi connectivity index (χ1n) is 7.22. The Hall–Kier alpha value is -1.11. The Morgan fingerprint density at radius 1 is 1.38 bits per heavy atom. The molecule has 1 saturated heterocycles. The average molecular weight is 313 g/mol. The highest BCUT2D eigenvalue weighted by Crippen LogP contribution is 2.21. The fraction of sp³-hybridized carbons (Fsp3) is 0.600. The van der Waals surface area contributed by atoms with E-state index in [1.54, 1.807) is 6.92 Å². The van der Waals surface area contributed by atoms with Gasteiger partial charge in [-0.1, -0.05) is 12.1 Å². The molecule has 1 heterocycles. The van der Waals surface area contributed by atoms with Gasteiger partial charge >= 0.3 is 0 Å². The van der Waals surface area contributed by atoms with Crippen LogP contribution in [0, 0.1) is 5.92 Å². The third-order valence-corrected chi connectivity index (χ3v) is 5.07. The lowest BCUT2D eigenvalue weighted by atomic mass is 10.0. The van der Waals surface area contributed by atoms with Crippen molar-refractivity contribution >= 4 is 10.0 Å². The summed E-state index contributed by atoms with van der Waals surface area (Å²) in [5, 5.41) is 9.45. The SMILES string of the molecule is C[C@@H](O)c1ccc(OCC2CCCN(S(C)(=O)=O)C2)cc1. The molecule has 5 nitrogen and oxygen atoms in total. The average Bonchev–Trinajstić information content (AvgIpc) is 2.45. The molecule has 6 heteroatoms. The number of hydrogen-bond donors (Lipinski definition) is 1. The van der Waals surface area contributed by atoms with Crippen LogP contribution < -0.4 is 4.74 Å². The topological polar surface area (TPSA) is 66.8 Å². The third-order valence-electron chi connectivity index (χ3n) is 3.80. The van der Waals surface area contributed by atoms with E-state index in [9.17, 15) is 13.5 Å². The van der Waals surface area contributed by atoms with Gasteiger partial charge in [0.15, 0.2) is 0 Å². The van der Waals surface area contributed by atoms with Crippen molar-refractivity contribution < 1.29 is 18.3 Å². The van der Waals surface area contributed by atoms with E-state index in [1.165, 1.54) is 10.6 Å². The van der Waals surface area contributed by atoms with Crippen molar-refractivity contribution in [3.05, 3.63) is 29.8 Å². The largest absolute Gasteiger partial charge is 0.493 e. The van der Waals surface area contributed by atoms with Crippen LogP contribution in [0.5, 0.6) is 5.75 Å². The molecule has 1 fully saturated rings. The number of aliphatic hydroxyl groups is 1. The van der Waals surface area contributed by atoms with E-state index in [0.29, 0.717) is 19.7 Å². The maximum atomic E-state index is 11.6. The fourth-order valence-corrected chi connectivity index (χ4v) is 3.46. The molecule has 0 amide bonds. The van der Waals surface area contributed by atoms with Crippen molar-refractivity contribution in [1.29, 1.82) is 0 Å². The molecule has 0 radical (unpaired) electrons. The molecule has 2 atom stereocenters. The molecule has 21 heavy (non-hydrogen) atoms. The normalized spacial score (nSPS) is 22.0. The molecule has 0 bridgehead atoms. The van der Waals surface area contributed by atoms with E-state index in [0.717, 1.165) is 24.2 Å². The quantitative estimate of drug-likeness (QED) is 0.900. The number of hydrogen-bond acceptors (Lipinski definition) is 4. The summed E-state index contributed by atoms with van der Waals surface area (Å²) >= 11 is 0. The number of ether oxygens (including phenoxy) is 1. The summed E-state index contributed by atoms with van der Waals surface area (Å²) in [5.41, 5.74) is 0.850. The fourth-order valence-electron chi connectivity index (χ4n) is 2.52. The van der Waals surface area contributed by atoms with Gasteiger partial charge in [-0.2, -0.15) is 0 Å². The number of nitrogens with zero attached hydrogens (tertiary/aromatic N) is 1. The van der Waals surface area contributed by atoms with Crippen LogP contribution in [-0.4, -0.2) is 43.8 Å². The second-order valence-corrected chi connectivity index (χ2v) is 7.67. The van der Waals surface area contributed by atoms with Crippen LogP contribution in [0.25, 0.3) is 0 Å². The summed E-state index contributed by atoms with van der Waals surface area (Å²) in [5.74, 6) is 0.973. The standard InChI is InChI=1S/C15H23NO4S/c1-12(17)14-5-7-15(8-6-14)20-11-13-4-3-9-16(10-13)21(2,18)19/h5-8,12-13,17H,3-4,9-11H2,1-2H3/t12-,13?/m1/s1. The van der Waals surface area contributed by atoms with Crippen molar-refractivity contribution in [3.63, 3.8) is 0 Å². The first-order chi connectivity index (χ1) is 9.86. The van der Waals surface area contributed by atoms with Crippen LogP contribution in [0.15, 0.2) is 24.3 Å². The Kier molecular flexibility index (Phi) is 5.24. The van der Waals surface area contributed by atoms with Crippen molar-refractivity contribution in [3.8, 4) is 5.75 Å². The van der Waals surface area contributed by atoms with Crippen LogP contribution in [-0.2, 0) is 10.0 Å². The summed E-state index contributed by atoms with van der Waals surface area (Å²) in [7, 11) is -3.11. The Labute approximate surface area is 126 Å². The molecule has 0 aromatic heterocycles. The minimum absolute atomic E-state index is 0.227. The first-order valence-corrected chi connectivity index (χ1v) is 9.07. The van der Waals surface area contributed by atoms with Crippen LogP contribution in [0.4, 0.5) is 0 Å². The monoisotopic (exact) mass is 313 g/mol. The molecule has 1 aromatic carbocycles. The van der Waals surface area contributed by atoms with Gasteiger partial charge in [0.25, 0.3) is 0 Å². The van der Waals surface area contributed by atoms with E-state index < -0.39 is 16.1 Å². The van der Waals surface area contributed by atoms with Crippen molar-refractivity contribution in [2.24, 2.45) is 5.92 Å². The Morgan fingerprint density at radius 3 is 2.62 bits per heavy atom. The van der Waals surface area contributed by atoms with Gasteiger partial charge in [0.1, 0.15) is 5.75 Å². The van der Waals surface area contributed by atoms with E-state index in [4.69, 9.17) is 4.74 Å². The first kappa shape index (κ1) is 16.3. The molecule has 1 aliphatic rings. The molecule has 1 N–H and O–H groups in total. The zero-order chi connectivity index (χ0) is 15.5. The minimum atomic E-state index is -3.11. The second kappa shape index (κ2) is 6.77. The van der Waals surface area contributed by atoms with Crippen molar-refractivity contribution in [2.75, 3.05) is 26.0 Å². The molecule has 0 saturated carbocycles. The van der Waals surface area contributed by atoms with Crippen LogP contribution >= 0.6 is 0 Å². The summed E-state index contributed by atoms with van der Waals surface area (Å²) < 4.78 is 30.4. The van der Waals surface area contributed by atoms with Crippen molar-refractivity contribution in [2.45, 2.75) is 25.9 Å². The predicted molar refractivity (Wildman–Crippen MR) is 81.7 cm³/mol. The molecule has 1 aliphatic heterocycles. The Bertz CT molecular complexity index is 554. The van der Waals surface area contributed by atoms with Gasteiger partial charge in [0, 0.05) is 19.0 Å². The van der Waals surface area contributed by atoms with E-state index in [2.05, 4.69) is 0 Å². The molecule has 0 spiro atoms. The van der Waals surface area contributed by atoms with Gasteiger partial charge < -0.3 is 9.84 Å².